The predicted octanol–water partition coefficient (Wildman–Crippen LogP) is 2.13. The van der Waals surface area contributed by atoms with Crippen LogP contribution in [-0.2, 0) is 9.59 Å². The van der Waals surface area contributed by atoms with Gasteiger partial charge in [-0.05, 0) is 20.8 Å². The number of carbonyl (C=O) groups is 2. The summed E-state index contributed by atoms with van der Waals surface area (Å²) in [7, 11) is 1.69. The molecule has 4 heteroatoms. The number of carbonyl (C=O) groups excluding carboxylic acids is 2. The van der Waals surface area contributed by atoms with E-state index < -0.39 is 0 Å². The third-order valence-electron chi connectivity index (χ3n) is 2.29. The molecule has 4 nitrogen and oxygen atoms in total. The Kier molecular flexibility index (Phi) is 9.86. The maximum atomic E-state index is 11.6. The van der Waals surface area contributed by atoms with Gasteiger partial charge in [0.1, 0.15) is 0 Å². The van der Waals surface area contributed by atoms with Gasteiger partial charge in [0.15, 0.2) is 0 Å². The van der Waals surface area contributed by atoms with E-state index in [1.165, 1.54) is 0 Å². The van der Waals surface area contributed by atoms with Gasteiger partial charge in [0.05, 0.1) is 0 Å². The van der Waals surface area contributed by atoms with Crippen LogP contribution in [0.4, 0.5) is 0 Å². The molecule has 18 heavy (non-hydrogen) atoms. The van der Waals surface area contributed by atoms with Gasteiger partial charge in [-0.3, -0.25) is 9.59 Å². The van der Waals surface area contributed by atoms with Crippen molar-refractivity contribution in [2.45, 2.75) is 40.7 Å². The van der Waals surface area contributed by atoms with E-state index in [1.54, 1.807) is 25.8 Å². The zero-order valence-electron chi connectivity index (χ0n) is 12.5. The van der Waals surface area contributed by atoms with E-state index in [-0.39, 0.29) is 17.9 Å². The number of nitrogens with one attached hydrogen (secondary N) is 1. The first-order valence-corrected chi connectivity index (χ1v) is 6.13. The Labute approximate surface area is 111 Å². The van der Waals surface area contributed by atoms with E-state index in [9.17, 15) is 9.59 Å². The molecule has 0 radical (unpaired) electrons. The van der Waals surface area contributed by atoms with Crippen molar-refractivity contribution in [1.29, 1.82) is 0 Å². The average Bonchev–Trinajstić information content (AvgIpc) is 2.35. The van der Waals surface area contributed by atoms with E-state index in [0.29, 0.717) is 17.7 Å². The zero-order chi connectivity index (χ0) is 14.9. The number of hydrogen-bond donors (Lipinski definition) is 1. The molecule has 0 aromatic carbocycles. The van der Waals surface area contributed by atoms with Gasteiger partial charge in [0, 0.05) is 30.8 Å². The first-order chi connectivity index (χ1) is 8.27. The Hall–Kier alpha value is -1.58. The normalized spacial score (nSPS) is 10.6. The van der Waals surface area contributed by atoms with Crippen LogP contribution in [0.1, 0.15) is 34.6 Å². The van der Waals surface area contributed by atoms with Gasteiger partial charge in [-0.15, -0.1) is 0 Å². The van der Waals surface area contributed by atoms with E-state index in [0.717, 1.165) is 0 Å². The summed E-state index contributed by atoms with van der Waals surface area (Å²) in [5, 5.41) is 2.69. The van der Waals surface area contributed by atoms with Crippen LogP contribution in [0.25, 0.3) is 0 Å². The van der Waals surface area contributed by atoms with Crippen LogP contribution >= 0.6 is 0 Å². The monoisotopic (exact) mass is 254 g/mol. The Morgan fingerprint density at radius 1 is 1.17 bits per heavy atom. The molecule has 0 heterocycles. The second-order valence-corrected chi connectivity index (χ2v) is 4.04. The summed E-state index contributed by atoms with van der Waals surface area (Å²) < 4.78 is 0. The maximum absolute atomic E-state index is 11.6. The molecule has 0 bridgehead atoms. The number of amides is 2. The molecule has 0 aromatic heterocycles. The van der Waals surface area contributed by atoms with Gasteiger partial charge in [0.25, 0.3) is 0 Å². The van der Waals surface area contributed by atoms with Crippen LogP contribution < -0.4 is 5.32 Å². The highest BCUT2D eigenvalue weighted by Gasteiger charge is 2.16. The van der Waals surface area contributed by atoms with Gasteiger partial charge in [0.2, 0.25) is 11.8 Å². The molecule has 0 rings (SSSR count). The molecule has 0 spiro atoms. The summed E-state index contributed by atoms with van der Waals surface area (Å²) in [6, 6.07) is -0.0764. The predicted molar refractivity (Wildman–Crippen MR) is 76.2 cm³/mol. The number of hydrogen-bond acceptors (Lipinski definition) is 2. The van der Waals surface area contributed by atoms with Gasteiger partial charge >= 0.3 is 0 Å². The summed E-state index contributed by atoms with van der Waals surface area (Å²) in [6.45, 7) is 16.7. The first kappa shape index (κ1) is 18.8. The minimum atomic E-state index is -0.192. The topological polar surface area (TPSA) is 49.4 Å². The highest BCUT2D eigenvalue weighted by molar-refractivity contribution is 5.93. The van der Waals surface area contributed by atoms with E-state index in [4.69, 9.17) is 0 Å². The second-order valence-electron chi connectivity index (χ2n) is 4.04. The summed E-state index contributed by atoms with van der Waals surface area (Å²) in [5.74, 6) is -0.305. The molecule has 2 amide bonds. The largest absolute Gasteiger partial charge is 0.350 e. The fraction of sp³-hybridized carbons (Fsp3) is 0.571. The molecule has 0 aliphatic carbocycles. The molecule has 1 atom stereocenters. The van der Waals surface area contributed by atoms with Crippen LogP contribution in [0.3, 0.4) is 0 Å². The van der Waals surface area contributed by atoms with Gasteiger partial charge in [-0.1, -0.05) is 27.0 Å². The summed E-state index contributed by atoms with van der Waals surface area (Å²) in [5.41, 5.74) is 0.946. The van der Waals surface area contributed by atoms with Crippen molar-refractivity contribution in [3.8, 4) is 0 Å². The first-order valence-electron chi connectivity index (χ1n) is 6.13. The Morgan fingerprint density at radius 3 is 1.94 bits per heavy atom. The molecular formula is C14H26N2O2. The molecule has 1 unspecified atom stereocenters. The Morgan fingerprint density at radius 2 is 1.61 bits per heavy atom. The molecule has 104 valence electrons. The Balaban J connectivity index is 0. The standard InChI is InChI=1S/C12H20N2O2.C2H6/c1-8(2)11(15)13-7-10(5)14(6)12(16)9(3)4;1-2/h10H,1,3,7H2,2,4-6H3,(H,13,15);1-2H3. The van der Waals surface area contributed by atoms with Crippen LogP contribution in [-0.4, -0.2) is 36.3 Å². The molecule has 0 fully saturated rings. The lowest BCUT2D eigenvalue weighted by molar-refractivity contribution is -0.128. The highest BCUT2D eigenvalue weighted by Crippen LogP contribution is 2.01. The van der Waals surface area contributed by atoms with Crippen LogP contribution in [0.15, 0.2) is 24.3 Å². The molecule has 0 aliphatic heterocycles. The van der Waals surface area contributed by atoms with Crippen LogP contribution in [0, 0.1) is 0 Å². The minimum Gasteiger partial charge on any atom is -0.350 e. The van der Waals surface area contributed by atoms with Crippen molar-refractivity contribution < 1.29 is 9.59 Å². The highest BCUT2D eigenvalue weighted by atomic mass is 16.2. The fourth-order valence-corrected chi connectivity index (χ4v) is 1.03. The zero-order valence-corrected chi connectivity index (χ0v) is 12.5. The Bertz CT molecular complexity index is 322. The quantitative estimate of drug-likeness (QED) is 0.764. The molecule has 0 saturated heterocycles. The van der Waals surface area contributed by atoms with E-state index >= 15 is 0 Å². The SMILES string of the molecule is C=C(C)C(=O)NCC(C)N(C)C(=O)C(=C)C.CC. The number of likely N-dealkylation sites (N-methyl/N-ethyl adjacent to an activating group) is 1. The van der Waals surface area contributed by atoms with Crippen molar-refractivity contribution in [2.75, 3.05) is 13.6 Å². The lowest BCUT2D eigenvalue weighted by Crippen LogP contribution is -2.43. The van der Waals surface area contributed by atoms with Gasteiger partial charge in [-0.25, -0.2) is 0 Å². The molecular weight excluding hydrogens is 228 g/mol. The van der Waals surface area contributed by atoms with Gasteiger partial charge < -0.3 is 10.2 Å². The number of rotatable bonds is 5. The summed E-state index contributed by atoms with van der Waals surface area (Å²) in [4.78, 5) is 24.4. The summed E-state index contributed by atoms with van der Waals surface area (Å²) in [6.07, 6.45) is 0. The van der Waals surface area contributed by atoms with E-state index in [1.807, 2.05) is 20.8 Å². The van der Waals surface area contributed by atoms with Crippen molar-refractivity contribution in [3.63, 3.8) is 0 Å². The van der Waals surface area contributed by atoms with Crippen molar-refractivity contribution >= 4 is 11.8 Å². The third kappa shape index (κ3) is 6.89. The van der Waals surface area contributed by atoms with Crippen LogP contribution in [0.2, 0.25) is 0 Å². The second kappa shape index (κ2) is 9.45. The van der Waals surface area contributed by atoms with Crippen molar-refractivity contribution in [3.05, 3.63) is 24.3 Å². The van der Waals surface area contributed by atoms with Crippen LogP contribution in [0.5, 0.6) is 0 Å². The lowest BCUT2D eigenvalue weighted by Gasteiger charge is -2.25. The summed E-state index contributed by atoms with van der Waals surface area (Å²) >= 11 is 0. The molecule has 0 aliphatic rings. The third-order valence-corrected chi connectivity index (χ3v) is 2.29. The van der Waals surface area contributed by atoms with E-state index in [2.05, 4.69) is 18.5 Å². The fourth-order valence-electron chi connectivity index (χ4n) is 1.03. The average molecular weight is 254 g/mol. The van der Waals surface area contributed by atoms with Crippen molar-refractivity contribution in [2.24, 2.45) is 0 Å². The number of nitrogens with zero attached hydrogens (tertiary/aromatic N) is 1. The molecule has 0 saturated carbocycles. The van der Waals surface area contributed by atoms with Crippen molar-refractivity contribution in [1.82, 2.24) is 10.2 Å². The smallest absolute Gasteiger partial charge is 0.248 e. The van der Waals surface area contributed by atoms with Gasteiger partial charge in [-0.2, -0.15) is 0 Å². The maximum Gasteiger partial charge on any atom is 0.248 e. The molecule has 1 N–H and O–H groups in total. The lowest BCUT2D eigenvalue weighted by atomic mass is 10.2. The molecule has 0 aromatic rings. The minimum absolute atomic E-state index is 0.0764.